The third kappa shape index (κ3) is 4.84. The van der Waals surface area contributed by atoms with Crippen molar-refractivity contribution in [2.45, 2.75) is 6.54 Å². The number of carbonyl (C=O) groups excluding carboxylic acids is 1. The van der Waals surface area contributed by atoms with Gasteiger partial charge in [0.25, 0.3) is 0 Å². The van der Waals surface area contributed by atoms with Gasteiger partial charge in [-0.25, -0.2) is 0 Å². The number of benzene rings is 1. The molecule has 0 unspecified atom stereocenters. The number of methoxy groups -OCH3 is 1. The average Bonchev–Trinajstić information content (AvgIpc) is 2.29. The Morgan fingerprint density at radius 1 is 1.50 bits per heavy atom. The minimum atomic E-state index is 0. The molecule has 0 spiro atoms. The number of halogens is 2. The highest BCUT2D eigenvalue weighted by Crippen LogP contribution is 2.23. The molecule has 6 heteroatoms. The zero-order valence-electron chi connectivity index (χ0n) is 10.7. The van der Waals surface area contributed by atoms with E-state index in [1.165, 1.54) is 0 Å². The maximum absolute atomic E-state index is 11.6. The summed E-state index contributed by atoms with van der Waals surface area (Å²) < 4.78 is 6.24. The third-order valence-corrected chi connectivity index (χ3v) is 2.90. The summed E-state index contributed by atoms with van der Waals surface area (Å²) in [6.07, 6.45) is 0. The van der Waals surface area contributed by atoms with Crippen LogP contribution in [0.4, 0.5) is 0 Å². The number of carbonyl (C=O) groups is 1. The van der Waals surface area contributed by atoms with Gasteiger partial charge in [0, 0.05) is 23.6 Å². The van der Waals surface area contributed by atoms with Gasteiger partial charge in [0.1, 0.15) is 5.75 Å². The van der Waals surface area contributed by atoms with Crippen molar-refractivity contribution in [3.8, 4) is 5.75 Å². The predicted molar refractivity (Wildman–Crippen MR) is 78.3 cm³/mol. The maximum Gasteiger partial charge on any atom is 0.236 e. The van der Waals surface area contributed by atoms with Crippen molar-refractivity contribution in [1.82, 2.24) is 10.2 Å². The van der Waals surface area contributed by atoms with E-state index in [0.717, 1.165) is 15.8 Å². The van der Waals surface area contributed by atoms with E-state index < -0.39 is 0 Å². The van der Waals surface area contributed by atoms with Crippen molar-refractivity contribution in [2.24, 2.45) is 0 Å². The second-order valence-electron chi connectivity index (χ2n) is 3.74. The topological polar surface area (TPSA) is 41.6 Å². The molecule has 102 valence electrons. The Bertz CT molecular complexity index is 402. The normalized spacial score (nSPS) is 9.56. The van der Waals surface area contributed by atoms with Gasteiger partial charge in [-0.3, -0.25) is 4.79 Å². The third-order valence-electron chi connectivity index (χ3n) is 2.40. The van der Waals surface area contributed by atoms with Gasteiger partial charge in [-0.05, 0) is 25.2 Å². The van der Waals surface area contributed by atoms with Gasteiger partial charge in [-0.1, -0.05) is 15.9 Å². The summed E-state index contributed by atoms with van der Waals surface area (Å²) in [5.74, 6) is 0.840. The minimum Gasteiger partial charge on any atom is -0.496 e. The SMILES string of the molecule is CNCC(=O)N(C)Cc1cc(Br)ccc1OC.Cl. The monoisotopic (exact) mass is 336 g/mol. The molecule has 0 radical (unpaired) electrons. The van der Waals surface area contributed by atoms with Crippen molar-refractivity contribution >= 4 is 34.2 Å². The number of nitrogens with one attached hydrogen (secondary N) is 1. The van der Waals surface area contributed by atoms with Gasteiger partial charge < -0.3 is 15.0 Å². The van der Waals surface area contributed by atoms with Gasteiger partial charge in [0.05, 0.1) is 13.7 Å². The van der Waals surface area contributed by atoms with Crippen LogP contribution in [-0.2, 0) is 11.3 Å². The first-order valence-corrected chi connectivity index (χ1v) is 6.08. The van der Waals surface area contributed by atoms with E-state index >= 15 is 0 Å². The number of amides is 1. The molecule has 0 bridgehead atoms. The molecule has 1 aromatic rings. The first-order chi connectivity index (χ1) is 8.08. The standard InChI is InChI=1S/C12H17BrN2O2.ClH/c1-14-7-12(16)15(2)8-9-6-10(13)4-5-11(9)17-3;/h4-6,14H,7-8H2,1-3H3;1H. The van der Waals surface area contributed by atoms with E-state index in [4.69, 9.17) is 4.74 Å². The van der Waals surface area contributed by atoms with E-state index in [-0.39, 0.29) is 18.3 Å². The lowest BCUT2D eigenvalue weighted by atomic mass is 10.2. The number of rotatable bonds is 5. The summed E-state index contributed by atoms with van der Waals surface area (Å²) in [4.78, 5) is 13.3. The van der Waals surface area contributed by atoms with Crippen LogP contribution in [0.3, 0.4) is 0 Å². The maximum atomic E-state index is 11.6. The second-order valence-corrected chi connectivity index (χ2v) is 4.65. The lowest BCUT2D eigenvalue weighted by Crippen LogP contribution is -2.33. The van der Waals surface area contributed by atoms with Crippen molar-refractivity contribution in [1.29, 1.82) is 0 Å². The van der Waals surface area contributed by atoms with E-state index in [0.29, 0.717) is 13.1 Å². The highest BCUT2D eigenvalue weighted by molar-refractivity contribution is 9.10. The molecule has 0 saturated heterocycles. The Hall–Kier alpha value is -0.780. The van der Waals surface area contributed by atoms with Crippen LogP contribution < -0.4 is 10.1 Å². The van der Waals surface area contributed by atoms with Crippen LogP contribution in [0.25, 0.3) is 0 Å². The molecular weight excluding hydrogens is 320 g/mol. The number of nitrogens with zero attached hydrogens (tertiary/aromatic N) is 1. The Morgan fingerprint density at radius 2 is 2.17 bits per heavy atom. The van der Waals surface area contributed by atoms with Crippen LogP contribution in [0, 0.1) is 0 Å². The van der Waals surface area contributed by atoms with Crippen LogP contribution in [0.15, 0.2) is 22.7 Å². The Kier molecular flexibility index (Phi) is 7.98. The molecule has 0 aromatic heterocycles. The molecule has 0 aliphatic heterocycles. The highest BCUT2D eigenvalue weighted by Gasteiger charge is 2.11. The van der Waals surface area contributed by atoms with Gasteiger partial charge in [0.15, 0.2) is 0 Å². The van der Waals surface area contributed by atoms with E-state index in [1.54, 1.807) is 26.1 Å². The number of hydrogen-bond acceptors (Lipinski definition) is 3. The van der Waals surface area contributed by atoms with Crippen LogP contribution in [-0.4, -0.2) is 38.6 Å². The van der Waals surface area contributed by atoms with Gasteiger partial charge >= 0.3 is 0 Å². The number of likely N-dealkylation sites (N-methyl/N-ethyl adjacent to an activating group) is 2. The zero-order chi connectivity index (χ0) is 12.8. The molecule has 1 amide bonds. The lowest BCUT2D eigenvalue weighted by Gasteiger charge is -2.19. The number of ether oxygens (including phenoxy) is 1. The molecule has 0 heterocycles. The summed E-state index contributed by atoms with van der Waals surface area (Å²) in [7, 11) is 5.16. The first kappa shape index (κ1) is 17.2. The Morgan fingerprint density at radius 3 is 2.72 bits per heavy atom. The molecule has 0 saturated carbocycles. The van der Waals surface area contributed by atoms with Crippen LogP contribution >= 0.6 is 28.3 Å². The minimum absolute atomic E-state index is 0. The Labute approximate surface area is 122 Å². The molecule has 4 nitrogen and oxygen atoms in total. The number of hydrogen-bond donors (Lipinski definition) is 1. The van der Waals surface area contributed by atoms with Crippen molar-refractivity contribution < 1.29 is 9.53 Å². The van der Waals surface area contributed by atoms with Crippen molar-refractivity contribution in [3.63, 3.8) is 0 Å². The fourth-order valence-corrected chi connectivity index (χ4v) is 1.91. The van der Waals surface area contributed by atoms with Crippen molar-refractivity contribution in [3.05, 3.63) is 28.2 Å². The van der Waals surface area contributed by atoms with E-state index in [9.17, 15) is 4.79 Å². The molecule has 0 atom stereocenters. The molecule has 1 rings (SSSR count). The zero-order valence-corrected chi connectivity index (χ0v) is 13.1. The molecule has 0 aliphatic rings. The Balaban J connectivity index is 0.00000289. The average molecular weight is 338 g/mol. The van der Waals surface area contributed by atoms with Gasteiger partial charge in [-0.2, -0.15) is 0 Å². The highest BCUT2D eigenvalue weighted by atomic mass is 79.9. The molecule has 0 fully saturated rings. The molecule has 1 aromatic carbocycles. The van der Waals surface area contributed by atoms with Crippen LogP contribution in [0.1, 0.15) is 5.56 Å². The first-order valence-electron chi connectivity index (χ1n) is 5.29. The van der Waals surface area contributed by atoms with Crippen molar-refractivity contribution in [2.75, 3.05) is 27.7 Å². The van der Waals surface area contributed by atoms with Crippen LogP contribution in [0.5, 0.6) is 5.75 Å². The summed E-state index contributed by atoms with van der Waals surface area (Å²) in [6, 6.07) is 5.76. The van der Waals surface area contributed by atoms with Gasteiger partial charge in [-0.15, -0.1) is 12.4 Å². The van der Waals surface area contributed by atoms with E-state index in [1.807, 2.05) is 18.2 Å². The molecule has 1 N–H and O–H groups in total. The summed E-state index contributed by atoms with van der Waals surface area (Å²) in [6.45, 7) is 0.871. The fraction of sp³-hybridized carbons (Fsp3) is 0.417. The largest absolute Gasteiger partial charge is 0.496 e. The summed E-state index contributed by atoms with van der Waals surface area (Å²) in [5, 5.41) is 2.84. The second kappa shape index (κ2) is 8.34. The molecular formula is C12H18BrClN2O2. The van der Waals surface area contributed by atoms with Crippen LogP contribution in [0.2, 0.25) is 0 Å². The lowest BCUT2D eigenvalue weighted by molar-refractivity contribution is -0.129. The summed E-state index contributed by atoms with van der Waals surface area (Å²) >= 11 is 3.41. The smallest absolute Gasteiger partial charge is 0.236 e. The summed E-state index contributed by atoms with van der Waals surface area (Å²) in [5.41, 5.74) is 0.980. The molecule has 0 aliphatic carbocycles. The molecule has 18 heavy (non-hydrogen) atoms. The van der Waals surface area contributed by atoms with E-state index in [2.05, 4.69) is 21.2 Å². The fourth-order valence-electron chi connectivity index (χ4n) is 1.50. The predicted octanol–water partition coefficient (Wildman–Crippen LogP) is 2.06. The quantitative estimate of drug-likeness (QED) is 0.894. The van der Waals surface area contributed by atoms with Gasteiger partial charge in [0.2, 0.25) is 5.91 Å².